The van der Waals surface area contributed by atoms with Gasteiger partial charge in [-0.3, -0.25) is 9.59 Å². The second-order valence-corrected chi connectivity index (χ2v) is 10.3. The summed E-state index contributed by atoms with van der Waals surface area (Å²) in [7, 11) is 0. The van der Waals surface area contributed by atoms with Gasteiger partial charge in [-0.05, 0) is 107 Å². The number of carbonyl (C=O) groups excluding carboxylic acids is 2. The number of likely N-dealkylation sites (tertiary alicyclic amines) is 1. The summed E-state index contributed by atoms with van der Waals surface area (Å²) in [5.41, 5.74) is 1.55. The summed E-state index contributed by atoms with van der Waals surface area (Å²) in [6, 6.07) is 15.0. The molecule has 1 aliphatic rings. The summed E-state index contributed by atoms with van der Waals surface area (Å²) in [5, 5.41) is 0. The number of hydrogen-bond donors (Lipinski definition) is 0. The van der Waals surface area contributed by atoms with Crippen LogP contribution in [0.3, 0.4) is 0 Å². The fourth-order valence-electron chi connectivity index (χ4n) is 4.73. The summed E-state index contributed by atoms with van der Waals surface area (Å²) >= 11 is 0. The topological polar surface area (TPSA) is 59.1 Å². The first-order valence-corrected chi connectivity index (χ1v) is 15.5. The largest absolute Gasteiger partial charge is 0.494 e. The molecule has 0 N–H and O–H groups in total. The zero-order valence-electron chi connectivity index (χ0n) is 25.5. The molecule has 0 radical (unpaired) electrons. The molecule has 0 aliphatic carbocycles. The lowest BCUT2D eigenvalue weighted by Crippen LogP contribution is -2.31. The highest BCUT2D eigenvalue weighted by molar-refractivity contribution is 5.96. The monoisotopic (exact) mass is 552 g/mol. The first-order valence-electron chi connectivity index (χ1n) is 15.5. The van der Waals surface area contributed by atoms with Crippen LogP contribution in [0.5, 0.6) is 11.5 Å². The molecule has 2 aromatic carbocycles. The van der Waals surface area contributed by atoms with Crippen molar-refractivity contribution in [2.45, 2.75) is 79.1 Å². The lowest BCUT2D eigenvalue weighted by atomic mass is 10.1. The Kier molecular flexibility index (Phi) is 16.9. The van der Waals surface area contributed by atoms with E-state index in [1.807, 2.05) is 62.4 Å². The number of benzene rings is 2. The molecule has 6 heteroatoms. The van der Waals surface area contributed by atoms with Gasteiger partial charge >= 0.3 is 0 Å². The number of Topliss-reactive ketones (excluding diaryl/α,β-unsaturated/α-hetero) is 2. The maximum absolute atomic E-state index is 11.7. The van der Waals surface area contributed by atoms with Gasteiger partial charge in [0, 0.05) is 37.1 Å². The Bertz CT molecular complexity index is 949. The molecular formula is C34H52N2O4. The average molecular weight is 553 g/mol. The van der Waals surface area contributed by atoms with Crippen LogP contribution in [0, 0.1) is 0 Å². The van der Waals surface area contributed by atoms with E-state index in [2.05, 4.69) is 23.6 Å². The molecule has 0 unspecified atom stereocenters. The molecule has 0 atom stereocenters. The van der Waals surface area contributed by atoms with E-state index in [9.17, 15) is 9.59 Å². The molecule has 0 spiro atoms. The first-order chi connectivity index (χ1) is 19.5. The number of ketones is 2. The number of nitrogens with zero attached hydrogens (tertiary/aromatic N) is 2. The van der Waals surface area contributed by atoms with Gasteiger partial charge in [0.2, 0.25) is 0 Å². The summed E-state index contributed by atoms with van der Waals surface area (Å²) < 4.78 is 11.4. The van der Waals surface area contributed by atoms with Crippen LogP contribution in [0.25, 0.3) is 0 Å². The van der Waals surface area contributed by atoms with Crippen LogP contribution in [-0.2, 0) is 0 Å². The summed E-state index contributed by atoms with van der Waals surface area (Å²) in [4.78, 5) is 28.1. The third-order valence-corrected chi connectivity index (χ3v) is 7.27. The maximum Gasteiger partial charge on any atom is 0.162 e. The molecule has 1 fully saturated rings. The van der Waals surface area contributed by atoms with Crippen molar-refractivity contribution in [1.29, 1.82) is 0 Å². The number of hydrogen-bond acceptors (Lipinski definition) is 6. The van der Waals surface area contributed by atoms with Gasteiger partial charge in [0.1, 0.15) is 11.5 Å². The Morgan fingerprint density at radius 1 is 0.725 bits per heavy atom. The van der Waals surface area contributed by atoms with E-state index in [1.54, 1.807) is 0 Å². The van der Waals surface area contributed by atoms with E-state index in [-0.39, 0.29) is 11.6 Å². The molecule has 1 saturated heterocycles. The van der Waals surface area contributed by atoms with Gasteiger partial charge in [0.25, 0.3) is 0 Å². The maximum atomic E-state index is 11.7. The highest BCUT2D eigenvalue weighted by Gasteiger charge is 2.09. The lowest BCUT2D eigenvalue weighted by Gasteiger charge is -2.26. The number of ether oxygens (including phenoxy) is 2. The number of rotatable bonds is 17. The van der Waals surface area contributed by atoms with Crippen LogP contribution in [0.4, 0.5) is 0 Å². The van der Waals surface area contributed by atoms with Gasteiger partial charge in [-0.2, -0.15) is 0 Å². The average Bonchev–Trinajstić information content (AvgIpc) is 3.00. The summed E-state index contributed by atoms with van der Waals surface area (Å²) in [6.07, 6.45) is 8.22. The van der Waals surface area contributed by atoms with Gasteiger partial charge in [0.05, 0.1) is 13.2 Å². The molecule has 0 aromatic heterocycles. The molecule has 6 nitrogen and oxygen atoms in total. The third-order valence-electron chi connectivity index (χ3n) is 7.27. The van der Waals surface area contributed by atoms with E-state index >= 15 is 0 Å². The van der Waals surface area contributed by atoms with Crippen molar-refractivity contribution in [3.8, 4) is 11.5 Å². The van der Waals surface area contributed by atoms with Gasteiger partial charge in [0.15, 0.2) is 11.6 Å². The zero-order chi connectivity index (χ0) is 29.0. The summed E-state index contributed by atoms with van der Waals surface area (Å²) in [5.74, 6) is 2.09. The minimum absolute atomic E-state index is 0.174. The molecule has 0 amide bonds. The van der Waals surface area contributed by atoms with Crippen molar-refractivity contribution in [1.82, 2.24) is 9.80 Å². The lowest BCUT2D eigenvalue weighted by molar-refractivity contribution is 0.0976. The molecule has 0 saturated carbocycles. The second-order valence-electron chi connectivity index (χ2n) is 10.3. The SMILES string of the molecule is CCC(=O)c1ccc(OCCCN(CC)CC)cc1.CCCC(=O)c1ccc(OCCCN2CCCCC2)cc1. The van der Waals surface area contributed by atoms with Crippen LogP contribution in [0.2, 0.25) is 0 Å². The highest BCUT2D eigenvalue weighted by Crippen LogP contribution is 2.16. The van der Waals surface area contributed by atoms with Crippen LogP contribution in [0.1, 0.15) is 99.8 Å². The molecule has 0 bridgehead atoms. The molecule has 1 aliphatic heterocycles. The predicted molar refractivity (Wildman–Crippen MR) is 165 cm³/mol. The second kappa shape index (κ2) is 20.2. The van der Waals surface area contributed by atoms with Crippen molar-refractivity contribution < 1.29 is 19.1 Å². The minimum Gasteiger partial charge on any atom is -0.494 e. The molecule has 40 heavy (non-hydrogen) atoms. The fraction of sp³-hybridized carbons (Fsp3) is 0.588. The molecule has 222 valence electrons. The fourth-order valence-corrected chi connectivity index (χ4v) is 4.73. The van der Waals surface area contributed by atoms with Crippen LogP contribution in [0.15, 0.2) is 48.5 Å². The van der Waals surface area contributed by atoms with Gasteiger partial charge in [-0.15, -0.1) is 0 Å². The Morgan fingerprint density at radius 2 is 1.25 bits per heavy atom. The quantitative estimate of drug-likeness (QED) is 0.151. The third kappa shape index (κ3) is 13.1. The molecule has 2 aromatic rings. The van der Waals surface area contributed by atoms with E-state index in [1.165, 1.54) is 32.4 Å². The molecular weight excluding hydrogens is 500 g/mol. The molecule has 3 rings (SSSR count). The van der Waals surface area contributed by atoms with Crippen LogP contribution >= 0.6 is 0 Å². The Balaban J connectivity index is 0.000000282. The number of carbonyl (C=O) groups is 2. The minimum atomic E-state index is 0.174. The number of piperidine rings is 1. The van der Waals surface area contributed by atoms with Crippen molar-refractivity contribution >= 4 is 11.6 Å². The van der Waals surface area contributed by atoms with Crippen LogP contribution in [-0.4, -0.2) is 73.8 Å². The van der Waals surface area contributed by atoms with E-state index < -0.39 is 0 Å². The standard InChI is InChI=1S/C18H27NO2.C16H25NO2/c1-2-7-18(20)16-8-10-17(11-9-16)21-15-6-14-19-12-4-3-5-13-19;1-4-16(18)14-8-10-15(11-9-14)19-13-7-12-17(5-2)6-3/h8-11H,2-7,12-15H2,1H3;8-11H,4-7,12-13H2,1-3H3. The first kappa shape index (κ1) is 33.5. The Hall–Kier alpha value is -2.70. The van der Waals surface area contributed by atoms with Crippen molar-refractivity contribution in [2.24, 2.45) is 0 Å². The van der Waals surface area contributed by atoms with Crippen LogP contribution < -0.4 is 9.47 Å². The molecule has 1 heterocycles. The van der Waals surface area contributed by atoms with E-state index in [0.717, 1.165) is 81.3 Å². The Morgan fingerprint density at radius 3 is 1.75 bits per heavy atom. The summed E-state index contributed by atoms with van der Waals surface area (Å²) in [6.45, 7) is 16.6. The van der Waals surface area contributed by atoms with Gasteiger partial charge in [-0.25, -0.2) is 0 Å². The highest BCUT2D eigenvalue weighted by atomic mass is 16.5. The van der Waals surface area contributed by atoms with Gasteiger partial charge < -0.3 is 19.3 Å². The normalized spacial score (nSPS) is 13.4. The zero-order valence-corrected chi connectivity index (χ0v) is 25.5. The van der Waals surface area contributed by atoms with E-state index in [4.69, 9.17) is 9.47 Å². The smallest absolute Gasteiger partial charge is 0.162 e. The van der Waals surface area contributed by atoms with Crippen molar-refractivity contribution in [3.63, 3.8) is 0 Å². The van der Waals surface area contributed by atoms with Crippen molar-refractivity contribution in [3.05, 3.63) is 59.7 Å². The van der Waals surface area contributed by atoms with Gasteiger partial charge in [-0.1, -0.05) is 34.1 Å². The van der Waals surface area contributed by atoms with E-state index in [0.29, 0.717) is 12.8 Å². The van der Waals surface area contributed by atoms with Crippen molar-refractivity contribution in [2.75, 3.05) is 52.5 Å². The predicted octanol–water partition coefficient (Wildman–Crippen LogP) is 7.31. The Labute approximate surface area is 243 Å².